The minimum absolute atomic E-state index is 0.0858. The van der Waals surface area contributed by atoms with Crippen LogP contribution >= 0.6 is 0 Å². The fraction of sp³-hybridized carbons (Fsp3) is 0.769. The van der Waals surface area contributed by atoms with Gasteiger partial charge in [0, 0.05) is 13.0 Å². The fourth-order valence-corrected chi connectivity index (χ4v) is 2.79. The van der Waals surface area contributed by atoms with Gasteiger partial charge in [-0.15, -0.1) is 0 Å². The van der Waals surface area contributed by atoms with Crippen LogP contribution in [0, 0.1) is 17.2 Å². The summed E-state index contributed by atoms with van der Waals surface area (Å²) in [6.07, 6.45) is 4.39. The van der Waals surface area contributed by atoms with Gasteiger partial charge in [0.1, 0.15) is 5.54 Å². The molecule has 0 aromatic carbocycles. The van der Waals surface area contributed by atoms with Crippen molar-refractivity contribution in [2.45, 2.75) is 51.0 Å². The van der Waals surface area contributed by atoms with E-state index in [2.05, 4.69) is 12.2 Å². The van der Waals surface area contributed by atoms with Gasteiger partial charge in [0.15, 0.2) is 0 Å². The Morgan fingerprint density at radius 2 is 2.11 bits per heavy atom. The number of nitrogens with zero attached hydrogens (tertiary/aromatic N) is 2. The number of imide groups is 1. The van der Waals surface area contributed by atoms with Crippen LogP contribution in [-0.4, -0.2) is 28.9 Å². The van der Waals surface area contributed by atoms with Crippen LogP contribution in [0.5, 0.6) is 0 Å². The summed E-state index contributed by atoms with van der Waals surface area (Å²) in [5, 5.41) is 11.4. The van der Waals surface area contributed by atoms with Gasteiger partial charge in [0.2, 0.25) is 0 Å². The molecule has 98 valence electrons. The second-order valence-corrected chi connectivity index (χ2v) is 5.41. The molecule has 5 heteroatoms. The molecular weight excluding hydrogens is 230 g/mol. The van der Waals surface area contributed by atoms with Crippen molar-refractivity contribution in [3.05, 3.63) is 0 Å². The Bertz CT molecular complexity index is 392. The number of hydrogen-bond donors (Lipinski definition) is 1. The van der Waals surface area contributed by atoms with E-state index in [4.69, 9.17) is 5.26 Å². The van der Waals surface area contributed by atoms with E-state index in [1.54, 1.807) is 0 Å². The highest BCUT2D eigenvalue weighted by molar-refractivity contribution is 6.07. The topological polar surface area (TPSA) is 73.2 Å². The highest BCUT2D eigenvalue weighted by Gasteiger charge is 2.51. The van der Waals surface area contributed by atoms with E-state index in [1.165, 1.54) is 4.90 Å². The molecule has 3 amide bonds. The first-order chi connectivity index (χ1) is 8.59. The second kappa shape index (κ2) is 4.97. The lowest BCUT2D eigenvalue weighted by Crippen LogP contribution is -2.49. The maximum absolute atomic E-state index is 12.4. The third kappa shape index (κ3) is 2.20. The summed E-state index contributed by atoms with van der Waals surface area (Å²) in [5.41, 5.74) is -0.643. The largest absolute Gasteiger partial charge is 0.325 e. The fourth-order valence-electron chi connectivity index (χ4n) is 2.79. The van der Waals surface area contributed by atoms with Gasteiger partial charge in [0.05, 0.1) is 6.07 Å². The summed E-state index contributed by atoms with van der Waals surface area (Å²) in [4.78, 5) is 25.5. The number of rotatable bonds is 3. The van der Waals surface area contributed by atoms with Crippen molar-refractivity contribution in [3.8, 4) is 6.07 Å². The maximum Gasteiger partial charge on any atom is 0.325 e. The summed E-state index contributed by atoms with van der Waals surface area (Å²) in [6.45, 7) is 2.54. The number of urea groups is 1. The van der Waals surface area contributed by atoms with Crippen LogP contribution < -0.4 is 5.32 Å². The third-order valence-electron chi connectivity index (χ3n) is 4.04. The molecule has 1 saturated carbocycles. The number of carbonyl (C=O) groups excluding carboxylic acids is 2. The van der Waals surface area contributed by atoms with Crippen LogP contribution in [0.15, 0.2) is 0 Å². The first-order valence-electron chi connectivity index (χ1n) is 6.60. The molecule has 2 aliphatic rings. The van der Waals surface area contributed by atoms with Gasteiger partial charge in [-0.25, -0.2) is 4.79 Å². The van der Waals surface area contributed by atoms with E-state index >= 15 is 0 Å². The zero-order valence-corrected chi connectivity index (χ0v) is 10.7. The molecule has 0 atom stereocenters. The smallest absolute Gasteiger partial charge is 0.323 e. The van der Waals surface area contributed by atoms with E-state index in [1.807, 2.05) is 6.07 Å². The van der Waals surface area contributed by atoms with E-state index in [0.29, 0.717) is 25.3 Å². The lowest BCUT2D eigenvalue weighted by Gasteiger charge is -2.33. The molecule has 0 bridgehead atoms. The Kier molecular flexibility index (Phi) is 3.55. The van der Waals surface area contributed by atoms with E-state index in [-0.39, 0.29) is 11.9 Å². The SMILES string of the molecule is CC1CCC2(CC1)NC(=O)N(CCCC#N)C2=O. The Morgan fingerprint density at radius 3 is 2.72 bits per heavy atom. The average Bonchev–Trinajstić information content (AvgIpc) is 2.58. The molecule has 2 fully saturated rings. The molecule has 1 spiro atoms. The zero-order chi connectivity index (χ0) is 13.2. The Labute approximate surface area is 107 Å². The standard InChI is InChI=1S/C13H19N3O2/c1-10-4-6-13(7-5-10)11(17)16(12(18)15-13)9-3-2-8-14/h10H,2-7,9H2,1H3,(H,15,18). The Hall–Kier alpha value is -1.57. The monoisotopic (exact) mass is 249 g/mol. The first-order valence-corrected chi connectivity index (χ1v) is 6.60. The van der Waals surface area contributed by atoms with Crippen LogP contribution in [0.25, 0.3) is 0 Å². The third-order valence-corrected chi connectivity index (χ3v) is 4.04. The molecular formula is C13H19N3O2. The minimum Gasteiger partial charge on any atom is -0.323 e. The molecule has 0 radical (unpaired) electrons. The van der Waals surface area contributed by atoms with Gasteiger partial charge in [-0.05, 0) is 38.0 Å². The maximum atomic E-state index is 12.4. The van der Waals surface area contributed by atoms with Crippen molar-refractivity contribution in [2.24, 2.45) is 5.92 Å². The van der Waals surface area contributed by atoms with Crippen molar-refractivity contribution in [1.29, 1.82) is 5.26 Å². The van der Waals surface area contributed by atoms with E-state index in [9.17, 15) is 9.59 Å². The number of nitriles is 1. The van der Waals surface area contributed by atoms with Crippen LogP contribution in [0.2, 0.25) is 0 Å². The summed E-state index contributed by atoms with van der Waals surface area (Å²) < 4.78 is 0. The molecule has 1 aliphatic heterocycles. The molecule has 18 heavy (non-hydrogen) atoms. The van der Waals surface area contributed by atoms with Gasteiger partial charge in [0.25, 0.3) is 5.91 Å². The average molecular weight is 249 g/mol. The lowest BCUT2D eigenvalue weighted by atomic mass is 9.77. The van der Waals surface area contributed by atoms with Crippen LogP contribution in [0.4, 0.5) is 4.79 Å². The highest BCUT2D eigenvalue weighted by Crippen LogP contribution is 2.36. The van der Waals surface area contributed by atoms with E-state index in [0.717, 1.165) is 25.7 Å². The van der Waals surface area contributed by atoms with Crippen molar-refractivity contribution in [2.75, 3.05) is 6.54 Å². The molecule has 0 unspecified atom stereocenters. The molecule has 5 nitrogen and oxygen atoms in total. The zero-order valence-electron chi connectivity index (χ0n) is 10.7. The first kappa shape index (κ1) is 12.9. The van der Waals surface area contributed by atoms with Gasteiger partial charge in [-0.3, -0.25) is 9.69 Å². The minimum atomic E-state index is -0.643. The number of nitrogens with one attached hydrogen (secondary N) is 1. The van der Waals surface area contributed by atoms with Crippen LogP contribution in [0.3, 0.4) is 0 Å². The molecule has 1 aliphatic carbocycles. The molecule has 2 rings (SSSR count). The second-order valence-electron chi connectivity index (χ2n) is 5.41. The van der Waals surface area contributed by atoms with E-state index < -0.39 is 5.54 Å². The molecule has 0 aromatic heterocycles. The molecule has 1 saturated heterocycles. The van der Waals surface area contributed by atoms with Crippen LogP contribution in [0.1, 0.15) is 45.4 Å². The molecule has 1 N–H and O–H groups in total. The van der Waals surface area contributed by atoms with Crippen molar-refractivity contribution in [3.63, 3.8) is 0 Å². The number of carbonyl (C=O) groups is 2. The predicted molar refractivity (Wildman–Crippen MR) is 65.5 cm³/mol. The molecule has 0 aromatic rings. The quantitative estimate of drug-likeness (QED) is 0.612. The highest BCUT2D eigenvalue weighted by atomic mass is 16.2. The van der Waals surface area contributed by atoms with Crippen molar-refractivity contribution >= 4 is 11.9 Å². The normalized spacial score (nSPS) is 31.6. The number of hydrogen-bond acceptors (Lipinski definition) is 3. The summed E-state index contributed by atoms with van der Waals surface area (Å²) >= 11 is 0. The molecule has 1 heterocycles. The van der Waals surface area contributed by atoms with Gasteiger partial charge < -0.3 is 5.32 Å². The summed E-state index contributed by atoms with van der Waals surface area (Å²) in [6, 6.07) is 1.74. The van der Waals surface area contributed by atoms with Gasteiger partial charge >= 0.3 is 6.03 Å². The Balaban J connectivity index is 2.02. The number of unbranched alkanes of at least 4 members (excludes halogenated alkanes) is 1. The van der Waals surface area contributed by atoms with Crippen molar-refractivity contribution in [1.82, 2.24) is 10.2 Å². The lowest BCUT2D eigenvalue weighted by molar-refractivity contribution is -0.132. The summed E-state index contributed by atoms with van der Waals surface area (Å²) in [5.74, 6) is 0.547. The number of amides is 3. The Morgan fingerprint density at radius 1 is 1.44 bits per heavy atom. The van der Waals surface area contributed by atoms with Crippen LogP contribution in [-0.2, 0) is 4.79 Å². The van der Waals surface area contributed by atoms with Gasteiger partial charge in [-0.1, -0.05) is 6.92 Å². The summed E-state index contributed by atoms with van der Waals surface area (Å²) in [7, 11) is 0. The van der Waals surface area contributed by atoms with Gasteiger partial charge in [-0.2, -0.15) is 5.26 Å². The predicted octanol–water partition coefficient (Wildman–Crippen LogP) is 1.79. The van der Waals surface area contributed by atoms with Crippen molar-refractivity contribution < 1.29 is 9.59 Å².